The predicted octanol–water partition coefficient (Wildman–Crippen LogP) is 2.58. The Morgan fingerprint density at radius 3 is 1.88 bits per heavy atom. The van der Waals surface area contributed by atoms with Crippen LogP contribution in [0, 0.1) is 23.7 Å². The van der Waals surface area contributed by atoms with Crippen LogP contribution in [0.3, 0.4) is 0 Å². The lowest BCUT2D eigenvalue weighted by Crippen LogP contribution is -2.80. The lowest BCUT2D eigenvalue weighted by Gasteiger charge is -2.57. The van der Waals surface area contributed by atoms with Crippen molar-refractivity contribution >= 4 is 0 Å². The van der Waals surface area contributed by atoms with Gasteiger partial charge in [-0.15, -0.1) is 0 Å². The fourth-order valence-electron chi connectivity index (χ4n) is 5.25. The maximum atomic E-state index is 4.74. The molecule has 0 unspecified atom stereocenters. The van der Waals surface area contributed by atoms with Crippen molar-refractivity contribution in [2.75, 3.05) is 0 Å². The SMILES string of the molecule is [NH3+]C1(c2ccccc2)C2CC3CC(C2)CC1C3. The summed E-state index contributed by atoms with van der Waals surface area (Å²) in [5, 5.41) is 0. The molecule has 4 bridgehead atoms. The van der Waals surface area contributed by atoms with Crippen molar-refractivity contribution in [3.8, 4) is 0 Å². The lowest BCUT2D eigenvalue weighted by atomic mass is 9.47. The Bertz CT molecular complexity index is 394. The van der Waals surface area contributed by atoms with Crippen LogP contribution < -0.4 is 5.73 Å². The minimum Gasteiger partial charge on any atom is -0.348 e. The molecule has 1 aromatic carbocycles. The molecule has 4 aliphatic rings. The highest BCUT2D eigenvalue weighted by atomic mass is 14.8. The van der Waals surface area contributed by atoms with Crippen molar-refractivity contribution in [3.05, 3.63) is 35.9 Å². The lowest BCUT2D eigenvalue weighted by molar-refractivity contribution is -0.535. The van der Waals surface area contributed by atoms with Gasteiger partial charge in [0.2, 0.25) is 0 Å². The molecule has 0 heterocycles. The summed E-state index contributed by atoms with van der Waals surface area (Å²) < 4.78 is 0. The Balaban J connectivity index is 1.78. The summed E-state index contributed by atoms with van der Waals surface area (Å²) in [5.41, 5.74) is 6.49. The molecule has 4 aliphatic carbocycles. The Hall–Kier alpha value is -0.820. The van der Waals surface area contributed by atoms with Gasteiger partial charge in [-0.05, 0) is 43.9 Å². The van der Waals surface area contributed by atoms with Gasteiger partial charge in [0.05, 0.1) is 0 Å². The largest absolute Gasteiger partial charge is 0.348 e. The van der Waals surface area contributed by atoms with E-state index in [0.29, 0.717) is 0 Å². The molecule has 0 atom stereocenters. The van der Waals surface area contributed by atoms with E-state index < -0.39 is 0 Å². The van der Waals surface area contributed by atoms with E-state index in [2.05, 4.69) is 30.3 Å². The Morgan fingerprint density at radius 2 is 1.35 bits per heavy atom. The maximum absolute atomic E-state index is 4.74. The zero-order chi connectivity index (χ0) is 11.5. The van der Waals surface area contributed by atoms with Gasteiger partial charge in [-0.1, -0.05) is 30.3 Å². The quantitative estimate of drug-likeness (QED) is 0.765. The molecule has 3 N–H and O–H groups in total. The molecule has 0 aliphatic heterocycles. The average molecular weight is 228 g/mol. The molecule has 1 heteroatoms. The van der Waals surface area contributed by atoms with Crippen LogP contribution in [0.1, 0.15) is 37.7 Å². The molecule has 4 fully saturated rings. The van der Waals surface area contributed by atoms with Crippen LogP contribution in [-0.2, 0) is 5.54 Å². The van der Waals surface area contributed by atoms with Crippen LogP contribution in [-0.4, -0.2) is 0 Å². The van der Waals surface area contributed by atoms with Crippen molar-refractivity contribution in [2.24, 2.45) is 23.7 Å². The first-order valence-corrected chi connectivity index (χ1v) is 7.17. The highest BCUT2D eigenvalue weighted by Crippen LogP contribution is 2.59. The van der Waals surface area contributed by atoms with Crippen LogP contribution in [0.5, 0.6) is 0 Å². The third-order valence-electron chi connectivity index (χ3n) is 5.91. The summed E-state index contributed by atoms with van der Waals surface area (Å²) in [6.07, 6.45) is 7.32. The molecular weight excluding hydrogens is 206 g/mol. The minimum atomic E-state index is 0.245. The summed E-state index contributed by atoms with van der Waals surface area (Å²) >= 11 is 0. The van der Waals surface area contributed by atoms with Crippen molar-refractivity contribution in [2.45, 2.75) is 37.6 Å². The topological polar surface area (TPSA) is 27.6 Å². The third-order valence-corrected chi connectivity index (χ3v) is 5.91. The van der Waals surface area contributed by atoms with E-state index in [4.69, 9.17) is 5.73 Å². The highest BCUT2D eigenvalue weighted by Gasteiger charge is 2.58. The summed E-state index contributed by atoms with van der Waals surface area (Å²) in [7, 11) is 0. The molecule has 4 saturated carbocycles. The number of rotatable bonds is 1. The second-order valence-corrected chi connectivity index (χ2v) is 6.71. The van der Waals surface area contributed by atoms with E-state index in [1.54, 1.807) is 0 Å². The molecule has 1 nitrogen and oxygen atoms in total. The molecule has 5 rings (SSSR count). The van der Waals surface area contributed by atoms with Gasteiger partial charge in [0.1, 0.15) is 5.54 Å². The van der Waals surface area contributed by atoms with Crippen molar-refractivity contribution in [1.82, 2.24) is 0 Å². The monoisotopic (exact) mass is 228 g/mol. The average Bonchev–Trinajstić information content (AvgIpc) is 2.36. The standard InChI is InChI=1S/C16H21N/c17-16(13-4-2-1-3-5-13)14-7-11-6-12(9-14)10-15(16)8-11/h1-5,11-12,14-15H,6-10,17H2/p+1. The van der Waals surface area contributed by atoms with Crippen LogP contribution in [0.4, 0.5) is 0 Å². The molecule has 0 saturated heterocycles. The van der Waals surface area contributed by atoms with Crippen LogP contribution in [0.2, 0.25) is 0 Å². The zero-order valence-electron chi connectivity index (χ0n) is 10.4. The van der Waals surface area contributed by atoms with Gasteiger partial charge >= 0.3 is 0 Å². The molecule has 0 amide bonds. The van der Waals surface area contributed by atoms with Gasteiger partial charge in [0, 0.05) is 17.4 Å². The molecule has 1 aromatic rings. The minimum absolute atomic E-state index is 0.245. The predicted molar refractivity (Wildman–Crippen MR) is 68.1 cm³/mol. The van der Waals surface area contributed by atoms with E-state index >= 15 is 0 Å². The normalized spacial score (nSPS) is 47.4. The summed E-state index contributed by atoms with van der Waals surface area (Å²) in [6, 6.07) is 11.1. The molecule has 0 aromatic heterocycles. The second kappa shape index (κ2) is 3.35. The Kier molecular flexibility index (Phi) is 2.00. The van der Waals surface area contributed by atoms with Crippen molar-refractivity contribution in [1.29, 1.82) is 0 Å². The van der Waals surface area contributed by atoms with E-state index in [0.717, 1.165) is 23.7 Å². The van der Waals surface area contributed by atoms with Crippen LogP contribution in [0.25, 0.3) is 0 Å². The molecule has 0 radical (unpaired) electrons. The summed E-state index contributed by atoms with van der Waals surface area (Å²) in [4.78, 5) is 0. The highest BCUT2D eigenvalue weighted by molar-refractivity contribution is 5.26. The number of quaternary nitrogens is 1. The molecule has 17 heavy (non-hydrogen) atoms. The van der Waals surface area contributed by atoms with Gasteiger partial charge in [0.15, 0.2) is 0 Å². The van der Waals surface area contributed by atoms with E-state index in [1.165, 1.54) is 37.7 Å². The fraction of sp³-hybridized carbons (Fsp3) is 0.625. The number of benzene rings is 1. The van der Waals surface area contributed by atoms with E-state index in [9.17, 15) is 0 Å². The Morgan fingerprint density at radius 1 is 0.824 bits per heavy atom. The number of hydrogen-bond acceptors (Lipinski definition) is 0. The molecule has 0 spiro atoms. The first kappa shape index (κ1) is 10.1. The van der Waals surface area contributed by atoms with Crippen molar-refractivity contribution in [3.63, 3.8) is 0 Å². The summed E-state index contributed by atoms with van der Waals surface area (Å²) in [6.45, 7) is 0. The van der Waals surface area contributed by atoms with Crippen LogP contribution in [0.15, 0.2) is 30.3 Å². The smallest absolute Gasteiger partial charge is 0.126 e. The van der Waals surface area contributed by atoms with Gasteiger partial charge < -0.3 is 5.73 Å². The maximum Gasteiger partial charge on any atom is 0.126 e. The van der Waals surface area contributed by atoms with Crippen LogP contribution >= 0.6 is 0 Å². The Labute approximate surface area is 103 Å². The van der Waals surface area contributed by atoms with Crippen molar-refractivity contribution < 1.29 is 5.73 Å². The van der Waals surface area contributed by atoms with E-state index in [1.807, 2.05) is 0 Å². The zero-order valence-corrected chi connectivity index (χ0v) is 10.4. The van der Waals surface area contributed by atoms with Gasteiger partial charge in [-0.2, -0.15) is 0 Å². The first-order valence-electron chi connectivity index (χ1n) is 7.17. The number of hydrogen-bond donors (Lipinski definition) is 1. The second-order valence-electron chi connectivity index (χ2n) is 6.71. The molecular formula is C16H22N+. The summed E-state index contributed by atoms with van der Waals surface area (Å²) in [5.74, 6) is 3.80. The van der Waals surface area contributed by atoms with Gasteiger partial charge in [-0.25, -0.2) is 0 Å². The molecule has 90 valence electrons. The van der Waals surface area contributed by atoms with Gasteiger partial charge in [0.25, 0.3) is 0 Å². The first-order chi connectivity index (χ1) is 8.27. The third kappa shape index (κ3) is 1.29. The van der Waals surface area contributed by atoms with E-state index in [-0.39, 0.29) is 5.54 Å². The van der Waals surface area contributed by atoms with Gasteiger partial charge in [-0.3, -0.25) is 0 Å². The fourth-order valence-corrected chi connectivity index (χ4v) is 5.25.